The van der Waals surface area contributed by atoms with E-state index in [4.69, 9.17) is 9.47 Å². The molecule has 1 aromatic rings. The van der Waals surface area contributed by atoms with Crippen molar-refractivity contribution in [2.75, 3.05) is 13.7 Å². The van der Waals surface area contributed by atoms with E-state index in [0.717, 1.165) is 36.4 Å². The second kappa shape index (κ2) is 6.01. The van der Waals surface area contributed by atoms with Crippen molar-refractivity contribution >= 4 is 17.3 Å². The summed E-state index contributed by atoms with van der Waals surface area (Å²) in [4.78, 5) is 16.9. The summed E-state index contributed by atoms with van der Waals surface area (Å²) >= 11 is 1.43. The molecule has 1 aliphatic rings. The van der Waals surface area contributed by atoms with Crippen LogP contribution in [-0.4, -0.2) is 24.7 Å². The number of hydrogen-bond donors (Lipinski definition) is 0. The largest absolute Gasteiger partial charge is 0.465 e. The van der Waals surface area contributed by atoms with Crippen molar-refractivity contribution in [3.8, 4) is 0 Å². The molecule has 1 aliphatic carbocycles. The van der Waals surface area contributed by atoms with Gasteiger partial charge in [0, 0.05) is 6.61 Å². The first-order chi connectivity index (χ1) is 9.13. The van der Waals surface area contributed by atoms with Gasteiger partial charge in [0.05, 0.1) is 12.8 Å². The van der Waals surface area contributed by atoms with E-state index in [1.54, 1.807) is 0 Å². The molecule has 0 bridgehead atoms. The number of hydrogen-bond acceptors (Lipinski definition) is 5. The number of aryl methyl sites for hydroxylation is 1. The van der Waals surface area contributed by atoms with Crippen LogP contribution in [0.25, 0.3) is 0 Å². The molecule has 0 unspecified atom stereocenters. The minimum atomic E-state index is -0.302. The third-order valence-electron chi connectivity index (χ3n) is 3.64. The smallest absolute Gasteiger partial charge is 0.349 e. The maximum absolute atomic E-state index is 11.7. The molecule has 0 aromatic carbocycles. The standard InChI is InChI=1S/C14H21NO3S/c1-4-18-14(8-6-5-7-9-14)13-15-10(2)11(19-13)12(16)17-3/h4-9H2,1-3H3. The number of ether oxygens (including phenoxy) is 2. The zero-order chi connectivity index (χ0) is 13.9. The third-order valence-corrected chi connectivity index (χ3v) is 4.96. The van der Waals surface area contributed by atoms with Gasteiger partial charge in [0.25, 0.3) is 0 Å². The number of thiazole rings is 1. The second-order valence-electron chi connectivity index (χ2n) is 4.91. The lowest BCUT2D eigenvalue weighted by Gasteiger charge is -2.35. The van der Waals surface area contributed by atoms with Crippen LogP contribution in [0.2, 0.25) is 0 Å². The van der Waals surface area contributed by atoms with Crippen molar-refractivity contribution in [2.45, 2.75) is 51.6 Å². The quantitative estimate of drug-likeness (QED) is 0.794. The van der Waals surface area contributed by atoms with Crippen LogP contribution in [0.5, 0.6) is 0 Å². The SMILES string of the molecule is CCOC1(c2nc(C)c(C(=O)OC)s2)CCCCC1. The van der Waals surface area contributed by atoms with E-state index < -0.39 is 0 Å². The zero-order valence-electron chi connectivity index (χ0n) is 11.8. The molecule has 5 heteroatoms. The Hall–Kier alpha value is -0.940. The summed E-state index contributed by atoms with van der Waals surface area (Å²) in [6, 6.07) is 0. The first kappa shape index (κ1) is 14.5. The van der Waals surface area contributed by atoms with Gasteiger partial charge in [-0.25, -0.2) is 9.78 Å². The van der Waals surface area contributed by atoms with E-state index >= 15 is 0 Å². The molecule has 0 aliphatic heterocycles. The van der Waals surface area contributed by atoms with E-state index in [0.29, 0.717) is 11.5 Å². The molecule has 0 radical (unpaired) electrons. The average molecular weight is 283 g/mol. The molecule has 106 valence electrons. The monoisotopic (exact) mass is 283 g/mol. The summed E-state index contributed by atoms with van der Waals surface area (Å²) in [6.07, 6.45) is 5.56. The molecule has 0 amide bonds. The van der Waals surface area contributed by atoms with Crippen LogP contribution in [0.3, 0.4) is 0 Å². The molecule has 19 heavy (non-hydrogen) atoms. The van der Waals surface area contributed by atoms with Gasteiger partial charge in [-0.2, -0.15) is 0 Å². The summed E-state index contributed by atoms with van der Waals surface area (Å²) in [5, 5.41) is 0.937. The summed E-state index contributed by atoms with van der Waals surface area (Å²) < 4.78 is 10.8. The molecule has 4 nitrogen and oxygen atoms in total. The highest BCUT2D eigenvalue weighted by atomic mass is 32.1. The van der Waals surface area contributed by atoms with E-state index in [-0.39, 0.29) is 11.6 Å². The molecule has 1 aromatic heterocycles. The Bertz CT molecular complexity index is 444. The van der Waals surface area contributed by atoms with Crippen LogP contribution in [0.15, 0.2) is 0 Å². The average Bonchev–Trinajstić information content (AvgIpc) is 2.82. The van der Waals surface area contributed by atoms with Crippen LogP contribution in [0.1, 0.15) is 59.4 Å². The number of nitrogens with zero attached hydrogens (tertiary/aromatic N) is 1. The van der Waals surface area contributed by atoms with Crippen molar-refractivity contribution in [3.63, 3.8) is 0 Å². The number of methoxy groups -OCH3 is 1. The highest BCUT2D eigenvalue weighted by molar-refractivity contribution is 7.13. The van der Waals surface area contributed by atoms with Crippen LogP contribution in [0, 0.1) is 6.92 Å². The molecule has 1 heterocycles. The van der Waals surface area contributed by atoms with E-state index in [1.807, 2.05) is 13.8 Å². The normalized spacial score (nSPS) is 18.3. The lowest BCUT2D eigenvalue weighted by atomic mass is 9.85. The Morgan fingerprint density at radius 3 is 2.63 bits per heavy atom. The first-order valence-electron chi connectivity index (χ1n) is 6.83. The second-order valence-corrected chi connectivity index (χ2v) is 5.91. The van der Waals surface area contributed by atoms with Gasteiger partial charge in [-0.3, -0.25) is 0 Å². The van der Waals surface area contributed by atoms with E-state index in [9.17, 15) is 4.79 Å². The van der Waals surface area contributed by atoms with Crippen molar-refractivity contribution in [3.05, 3.63) is 15.6 Å². The van der Waals surface area contributed by atoms with Gasteiger partial charge in [-0.15, -0.1) is 11.3 Å². The van der Waals surface area contributed by atoms with Crippen molar-refractivity contribution < 1.29 is 14.3 Å². The predicted molar refractivity (Wildman–Crippen MR) is 74.6 cm³/mol. The minimum absolute atomic E-state index is 0.283. The highest BCUT2D eigenvalue weighted by Crippen LogP contribution is 2.42. The van der Waals surface area contributed by atoms with Crippen molar-refractivity contribution in [1.82, 2.24) is 4.98 Å². The Balaban J connectivity index is 2.34. The number of carbonyl (C=O) groups excluding carboxylic acids is 1. The minimum Gasteiger partial charge on any atom is -0.465 e. The maximum atomic E-state index is 11.7. The molecular formula is C14H21NO3S. The Labute approximate surface area is 118 Å². The molecule has 2 rings (SSSR count). The van der Waals surface area contributed by atoms with Crippen molar-refractivity contribution in [2.24, 2.45) is 0 Å². The maximum Gasteiger partial charge on any atom is 0.349 e. The van der Waals surface area contributed by atoms with Crippen LogP contribution >= 0.6 is 11.3 Å². The molecule has 0 spiro atoms. The Morgan fingerprint density at radius 2 is 2.05 bits per heavy atom. The lowest BCUT2D eigenvalue weighted by Crippen LogP contribution is -2.32. The van der Waals surface area contributed by atoms with Gasteiger partial charge in [0.2, 0.25) is 0 Å². The Kier molecular flexibility index (Phi) is 4.58. The zero-order valence-corrected chi connectivity index (χ0v) is 12.6. The number of aromatic nitrogens is 1. The molecule has 1 fully saturated rings. The fourth-order valence-corrected chi connectivity index (χ4v) is 3.88. The van der Waals surface area contributed by atoms with Crippen LogP contribution in [-0.2, 0) is 15.1 Å². The van der Waals surface area contributed by atoms with Gasteiger partial charge < -0.3 is 9.47 Å². The van der Waals surface area contributed by atoms with Gasteiger partial charge in [-0.1, -0.05) is 19.3 Å². The topological polar surface area (TPSA) is 48.4 Å². The summed E-state index contributed by atoms with van der Waals surface area (Å²) in [5.41, 5.74) is 0.464. The first-order valence-corrected chi connectivity index (χ1v) is 7.65. The highest BCUT2D eigenvalue weighted by Gasteiger charge is 2.38. The number of rotatable bonds is 4. The summed E-state index contributed by atoms with van der Waals surface area (Å²) in [7, 11) is 1.40. The third kappa shape index (κ3) is 2.82. The van der Waals surface area contributed by atoms with Gasteiger partial charge in [0.1, 0.15) is 15.5 Å². The number of esters is 1. The van der Waals surface area contributed by atoms with E-state index in [2.05, 4.69) is 4.98 Å². The molecule has 0 N–H and O–H groups in total. The van der Waals surface area contributed by atoms with Gasteiger partial charge >= 0.3 is 5.97 Å². The van der Waals surface area contributed by atoms with Gasteiger partial charge in [0.15, 0.2) is 0 Å². The van der Waals surface area contributed by atoms with Crippen LogP contribution < -0.4 is 0 Å². The lowest BCUT2D eigenvalue weighted by molar-refractivity contribution is -0.0705. The molecular weight excluding hydrogens is 262 g/mol. The molecule has 0 saturated heterocycles. The fourth-order valence-electron chi connectivity index (χ4n) is 2.69. The van der Waals surface area contributed by atoms with Crippen molar-refractivity contribution in [1.29, 1.82) is 0 Å². The fraction of sp³-hybridized carbons (Fsp3) is 0.714. The predicted octanol–water partition coefficient (Wildman–Crippen LogP) is 3.43. The van der Waals surface area contributed by atoms with Crippen LogP contribution in [0.4, 0.5) is 0 Å². The molecule has 1 saturated carbocycles. The Morgan fingerprint density at radius 1 is 1.37 bits per heavy atom. The van der Waals surface area contributed by atoms with Gasteiger partial charge in [-0.05, 0) is 26.7 Å². The van der Waals surface area contributed by atoms with E-state index in [1.165, 1.54) is 24.9 Å². The number of carbonyl (C=O) groups is 1. The molecule has 0 atom stereocenters. The summed E-state index contributed by atoms with van der Waals surface area (Å²) in [5.74, 6) is -0.302. The summed E-state index contributed by atoms with van der Waals surface area (Å²) in [6.45, 7) is 4.54.